The van der Waals surface area contributed by atoms with Gasteiger partial charge in [-0.25, -0.2) is 4.98 Å². The Morgan fingerprint density at radius 1 is 1.39 bits per heavy atom. The van der Waals surface area contributed by atoms with E-state index in [0.717, 1.165) is 5.56 Å². The number of carbonyl (C=O) groups excluding carboxylic acids is 1. The fourth-order valence-electron chi connectivity index (χ4n) is 1.49. The second kappa shape index (κ2) is 6.16. The van der Waals surface area contributed by atoms with E-state index in [-0.39, 0.29) is 5.91 Å². The van der Waals surface area contributed by atoms with Crippen LogP contribution in [0.3, 0.4) is 0 Å². The maximum absolute atomic E-state index is 11.6. The highest BCUT2D eigenvalue weighted by atomic mass is 35.5. The van der Waals surface area contributed by atoms with Crippen LogP contribution >= 0.6 is 11.6 Å². The van der Waals surface area contributed by atoms with Gasteiger partial charge in [0.15, 0.2) is 0 Å². The molecule has 1 N–H and O–H groups in total. The summed E-state index contributed by atoms with van der Waals surface area (Å²) in [6.45, 7) is 0.963. The van der Waals surface area contributed by atoms with Gasteiger partial charge >= 0.3 is 0 Å². The van der Waals surface area contributed by atoms with Crippen LogP contribution in [-0.4, -0.2) is 20.7 Å². The van der Waals surface area contributed by atoms with Crippen LogP contribution < -0.4 is 5.32 Å². The van der Waals surface area contributed by atoms with E-state index in [1.807, 2.05) is 18.2 Å². The third-order valence-electron chi connectivity index (χ3n) is 2.47. The number of rotatable bonds is 5. The first-order valence-corrected chi connectivity index (χ1v) is 5.96. The van der Waals surface area contributed by atoms with Gasteiger partial charge in [-0.3, -0.25) is 9.48 Å². The third kappa shape index (κ3) is 3.56. The van der Waals surface area contributed by atoms with Crippen molar-refractivity contribution < 1.29 is 4.79 Å². The largest absolute Gasteiger partial charge is 0.352 e. The summed E-state index contributed by atoms with van der Waals surface area (Å²) in [4.78, 5) is 15.4. The fourth-order valence-corrected chi connectivity index (χ4v) is 1.69. The number of carbonyl (C=O) groups is 1. The first kappa shape index (κ1) is 12.6. The van der Waals surface area contributed by atoms with Crippen molar-refractivity contribution in [3.63, 3.8) is 0 Å². The number of hydrogen-bond acceptors (Lipinski definition) is 3. The minimum atomic E-state index is -0.0366. The second-order valence-electron chi connectivity index (χ2n) is 3.78. The molecule has 0 fully saturated rings. The van der Waals surface area contributed by atoms with E-state index in [1.165, 1.54) is 6.33 Å². The normalized spacial score (nSPS) is 10.3. The van der Waals surface area contributed by atoms with E-state index >= 15 is 0 Å². The number of aromatic nitrogens is 3. The average molecular weight is 265 g/mol. The molecule has 0 aliphatic rings. The second-order valence-corrected chi connectivity index (χ2v) is 4.18. The molecule has 5 nitrogen and oxygen atoms in total. The van der Waals surface area contributed by atoms with Gasteiger partial charge < -0.3 is 5.32 Å². The number of halogens is 1. The number of nitrogens with zero attached hydrogens (tertiary/aromatic N) is 3. The Kier molecular flexibility index (Phi) is 4.30. The van der Waals surface area contributed by atoms with Crippen LogP contribution in [0.2, 0.25) is 5.02 Å². The molecule has 0 spiro atoms. The Morgan fingerprint density at radius 3 is 2.94 bits per heavy atom. The van der Waals surface area contributed by atoms with E-state index < -0.39 is 0 Å². The van der Waals surface area contributed by atoms with Crippen molar-refractivity contribution in [3.8, 4) is 0 Å². The van der Waals surface area contributed by atoms with Crippen molar-refractivity contribution in [1.82, 2.24) is 20.1 Å². The molecule has 1 aromatic carbocycles. The average Bonchev–Trinajstić information content (AvgIpc) is 2.88. The number of aryl methyl sites for hydroxylation is 1. The molecule has 2 aromatic rings. The van der Waals surface area contributed by atoms with Crippen LogP contribution in [0, 0.1) is 0 Å². The highest BCUT2D eigenvalue weighted by Crippen LogP contribution is 2.14. The zero-order valence-electron chi connectivity index (χ0n) is 9.71. The molecule has 0 unspecified atom stereocenters. The maximum atomic E-state index is 11.6. The van der Waals surface area contributed by atoms with Gasteiger partial charge in [-0.15, -0.1) is 0 Å². The first-order valence-electron chi connectivity index (χ1n) is 5.58. The molecule has 0 atom stereocenters. The summed E-state index contributed by atoms with van der Waals surface area (Å²) in [6.07, 6.45) is 3.40. The minimum absolute atomic E-state index is 0.0366. The van der Waals surface area contributed by atoms with E-state index in [9.17, 15) is 4.79 Å². The number of nitrogens with one attached hydrogen (secondary N) is 1. The first-order chi connectivity index (χ1) is 8.75. The Balaban J connectivity index is 1.77. The van der Waals surface area contributed by atoms with Crippen LogP contribution in [0.25, 0.3) is 0 Å². The van der Waals surface area contributed by atoms with E-state index in [1.54, 1.807) is 17.1 Å². The SMILES string of the molecule is O=C(CCn1cncn1)NCc1ccccc1Cl. The van der Waals surface area contributed by atoms with Crippen molar-refractivity contribution in [1.29, 1.82) is 0 Å². The lowest BCUT2D eigenvalue weighted by Gasteiger charge is -2.06. The van der Waals surface area contributed by atoms with Gasteiger partial charge in [-0.1, -0.05) is 29.8 Å². The zero-order valence-corrected chi connectivity index (χ0v) is 10.5. The van der Waals surface area contributed by atoms with Crippen molar-refractivity contribution in [2.75, 3.05) is 0 Å². The summed E-state index contributed by atoms with van der Waals surface area (Å²) < 4.78 is 1.62. The quantitative estimate of drug-likeness (QED) is 0.893. The molecule has 2 rings (SSSR count). The topological polar surface area (TPSA) is 59.8 Å². The summed E-state index contributed by atoms with van der Waals surface area (Å²) in [5, 5.41) is 7.40. The predicted molar refractivity (Wildman–Crippen MR) is 67.9 cm³/mol. The standard InChI is InChI=1S/C12H13ClN4O/c13-11-4-2-1-3-10(11)7-15-12(18)5-6-17-9-14-8-16-17/h1-4,8-9H,5-7H2,(H,15,18). The zero-order chi connectivity index (χ0) is 12.8. The predicted octanol–water partition coefficient (Wildman–Crippen LogP) is 1.64. The lowest BCUT2D eigenvalue weighted by Crippen LogP contribution is -2.24. The van der Waals surface area contributed by atoms with Gasteiger partial charge in [0.05, 0.1) is 6.54 Å². The van der Waals surface area contributed by atoms with Crippen LogP contribution in [0.15, 0.2) is 36.9 Å². The van der Waals surface area contributed by atoms with Crippen LogP contribution in [0.1, 0.15) is 12.0 Å². The van der Waals surface area contributed by atoms with Crippen molar-refractivity contribution in [2.24, 2.45) is 0 Å². The lowest BCUT2D eigenvalue weighted by molar-refractivity contribution is -0.121. The highest BCUT2D eigenvalue weighted by Gasteiger charge is 2.04. The van der Waals surface area contributed by atoms with Crippen LogP contribution in [-0.2, 0) is 17.9 Å². The molecule has 0 saturated carbocycles. The molecular formula is C12H13ClN4O. The van der Waals surface area contributed by atoms with Crippen LogP contribution in [0.5, 0.6) is 0 Å². The molecule has 94 valence electrons. The molecule has 1 amide bonds. The van der Waals surface area contributed by atoms with E-state index in [0.29, 0.717) is 24.5 Å². The Bertz CT molecular complexity index is 513. The fraction of sp³-hybridized carbons (Fsp3) is 0.250. The summed E-state index contributed by atoms with van der Waals surface area (Å²) in [5.41, 5.74) is 0.910. The molecule has 0 saturated heterocycles. The van der Waals surface area contributed by atoms with Gasteiger partial charge in [0.2, 0.25) is 5.91 Å². The Hall–Kier alpha value is -1.88. The summed E-state index contributed by atoms with van der Waals surface area (Å²) in [6, 6.07) is 7.44. The van der Waals surface area contributed by atoms with Crippen molar-refractivity contribution in [3.05, 3.63) is 47.5 Å². The van der Waals surface area contributed by atoms with Gasteiger partial charge in [0.25, 0.3) is 0 Å². The molecule has 1 aromatic heterocycles. The maximum Gasteiger partial charge on any atom is 0.222 e. The molecule has 0 bridgehead atoms. The molecule has 0 aliphatic carbocycles. The molecule has 1 heterocycles. The van der Waals surface area contributed by atoms with Crippen molar-refractivity contribution >= 4 is 17.5 Å². The van der Waals surface area contributed by atoms with Crippen LogP contribution in [0.4, 0.5) is 0 Å². The highest BCUT2D eigenvalue weighted by molar-refractivity contribution is 6.31. The molecular weight excluding hydrogens is 252 g/mol. The van der Waals surface area contributed by atoms with Crippen molar-refractivity contribution in [2.45, 2.75) is 19.5 Å². The third-order valence-corrected chi connectivity index (χ3v) is 2.84. The van der Waals surface area contributed by atoms with E-state index in [4.69, 9.17) is 11.6 Å². The molecule has 0 aliphatic heterocycles. The van der Waals surface area contributed by atoms with Gasteiger partial charge in [0.1, 0.15) is 12.7 Å². The molecule has 18 heavy (non-hydrogen) atoms. The van der Waals surface area contributed by atoms with Gasteiger partial charge in [0, 0.05) is 18.0 Å². The van der Waals surface area contributed by atoms with Gasteiger partial charge in [-0.2, -0.15) is 5.10 Å². The number of amides is 1. The van der Waals surface area contributed by atoms with Gasteiger partial charge in [-0.05, 0) is 11.6 Å². The lowest BCUT2D eigenvalue weighted by atomic mass is 10.2. The minimum Gasteiger partial charge on any atom is -0.352 e. The summed E-state index contributed by atoms with van der Waals surface area (Å²) >= 11 is 5.99. The smallest absolute Gasteiger partial charge is 0.222 e. The summed E-state index contributed by atoms with van der Waals surface area (Å²) in [5.74, 6) is -0.0366. The Labute approximate surface area is 110 Å². The summed E-state index contributed by atoms with van der Waals surface area (Å²) in [7, 11) is 0. The number of benzene rings is 1. The number of hydrogen-bond donors (Lipinski definition) is 1. The Morgan fingerprint density at radius 2 is 2.22 bits per heavy atom. The van der Waals surface area contributed by atoms with E-state index in [2.05, 4.69) is 15.4 Å². The molecule has 0 radical (unpaired) electrons. The molecule has 6 heteroatoms. The monoisotopic (exact) mass is 264 g/mol.